The second-order valence-corrected chi connectivity index (χ2v) is 12.1. The third-order valence-corrected chi connectivity index (χ3v) is 7.25. The van der Waals surface area contributed by atoms with E-state index in [2.05, 4.69) is 17.2 Å². The molecular weight excluding hydrogens is 542 g/mol. The number of hydrogen-bond acceptors (Lipinski definition) is 10. The highest BCUT2D eigenvalue weighted by Crippen LogP contribution is 2.31. The number of nitrogens with zero attached hydrogens (tertiary/aromatic N) is 1. The predicted octanol–water partition coefficient (Wildman–Crippen LogP) is 4.56. The van der Waals surface area contributed by atoms with Crippen molar-refractivity contribution in [2.45, 2.75) is 56.5 Å². The van der Waals surface area contributed by atoms with Crippen LogP contribution in [-0.4, -0.2) is 89.9 Å². The molecular formula is C27H39N3O7S2. The van der Waals surface area contributed by atoms with E-state index in [1.54, 1.807) is 55.6 Å². The smallest absolute Gasteiger partial charge is 0.410 e. The van der Waals surface area contributed by atoms with Crippen molar-refractivity contribution >= 4 is 52.5 Å². The van der Waals surface area contributed by atoms with E-state index in [4.69, 9.17) is 14.2 Å². The quantitative estimate of drug-likeness (QED) is 0.206. The van der Waals surface area contributed by atoms with Crippen LogP contribution >= 0.6 is 23.5 Å². The zero-order chi connectivity index (χ0) is 29.0. The van der Waals surface area contributed by atoms with Gasteiger partial charge >= 0.3 is 17.4 Å². The number of anilines is 1. The van der Waals surface area contributed by atoms with Crippen LogP contribution in [0, 0.1) is 0 Å². The minimum absolute atomic E-state index is 0.0834. The molecule has 1 aromatic rings. The zero-order valence-corrected chi connectivity index (χ0v) is 24.8. The van der Waals surface area contributed by atoms with Gasteiger partial charge in [0.1, 0.15) is 18.2 Å². The van der Waals surface area contributed by atoms with Crippen LogP contribution in [0.3, 0.4) is 0 Å². The molecule has 10 nitrogen and oxygen atoms in total. The number of thioether (sulfide) groups is 2. The first-order chi connectivity index (χ1) is 18.5. The molecule has 0 aliphatic carbocycles. The highest BCUT2D eigenvalue weighted by atomic mass is 32.2. The lowest BCUT2D eigenvalue weighted by atomic mass is 10.1. The van der Waals surface area contributed by atoms with E-state index in [-0.39, 0.29) is 29.1 Å². The van der Waals surface area contributed by atoms with Crippen molar-refractivity contribution < 1.29 is 33.4 Å². The fourth-order valence-corrected chi connectivity index (χ4v) is 5.47. The number of ether oxygens (including phenoxy) is 3. The lowest BCUT2D eigenvalue weighted by Crippen LogP contribution is -2.42. The minimum Gasteiger partial charge on any atom is -0.467 e. The molecule has 12 heteroatoms. The fourth-order valence-electron chi connectivity index (χ4n) is 3.87. The van der Waals surface area contributed by atoms with E-state index in [9.17, 15) is 19.2 Å². The summed E-state index contributed by atoms with van der Waals surface area (Å²) in [5, 5.41) is 5.49. The molecule has 1 aliphatic heterocycles. The molecule has 0 unspecified atom stereocenters. The second kappa shape index (κ2) is 15.7. The Morgan fingerprint density at radius 1 is 1.26 bits per heavy atom. The molecule has 0 saturated carbocycles. The van der Waals surface area contributed by atoms with Crippen LogP contribution in [-0.2, 0) is 19.0 Å². The number of methoxy groups -OCH3 is 1. The number of carbonyl (C=O) groups is 4. The van der Waals surface area contributed by atoms with Crippen molar-refractivity contribution in [3.63, 3.8) is 0 Å². The molecule has 0 bridgehead atoms. The summed E-state index contributed by atoms with van der Waals surface area (Å²) in [6.45, 7) is 9.79. The first kappa shape index (κ1) is 32.4. The Hall–Kier alpha value is -2.86. The van der Waals surface area contributed by atoms with Gasteiger partial charge in [-0.1, -0.05) is 18.7 Å². The van der Waals surface area contributed by atoms with Gasteiger partial charge in [-0.15, -0.1) is 0 Å². The van der Waals surface area contributed by atoms with E-state index < -0.39 is 23.7 Å². The van der Waals surface area contributed by atoms with Crippen molar-refractivity contribution in [1.29, 1.82) is 0 Å². The summed E-state index contributed by atoms with van der Waals surface area (Å²) in [6.07, 6.45) is 3.95. The molecule has 0 aromatic heterocycles. The normalized spacial score (nSPS) is 17.6. The SMILES string of the molecule is C=CCOC(=O)N1C[C@@H](SC(=O)OC(C)(C)C)C[C@H]1CNc1cccc(C(=O)N[C@@H](CCSC)C(=O)OC)c1. The van der Waals surface area contributed by atoms with Crippen molar-refractivity contribution in [3.05, 3.63) is 42.5 Å². The molecule has 39 heavy (non-hydrogen) atoms. The van der Waals surface area contributed by atoms with Crippen LogP contribution in [0.4, 0.5) is 15.3 Å². The van der Waals surface area contributed by atoms with Crippen LogP contribution in [0.2, 0.25) is 0 Å². The van der Waals surface area contributed by atoms with Gasteiger partial charge in [0, 0.05) is 29.6 Å². The first-order valence-electron chi connectivity index (χ1n) is 12.6. The van der Waals surface area contributed by atoms with Gasteiger partial charge in [-0.05, 0) is 75.6 Å². The molecule has 0 spiro atoms. The molecule has 2 rings (SSSR count). The van der Waals surface area contributed by atoms with Gasteiger partial charge in [0.2, 0.25) is 0 Å². The molecule has 1 aromatic carbocycles. The van der Waals surface area contributed by atoms with Crippen LogP contribution in [0.25, 0.3) is 0 Å². The average Bonchev–Trinajstić information content (AvgIpc) is 3.29. The van der Waals surface area contributed by atoms with Crippen LogP contribution < -0.4 is 10.6 Å². The topological polar surface area (TPSA) is 123 Å². The summed E-state index contributed by atoms with van der Waals surface area (Å²) >= 11 is 2.65. The first-order valence-corrected chi connectivity index (χ1v) is 14.9. The van der Waals surface area contributed by atoms with Crippen LogP contribution in [0.1, 0.15) is 44.0 Å². The summed E-state index contributed by atoms with van der Waals surface area (Å²) in [7, 11) is 1.29. The third kappa shape index (κ3) is 11.0. The molecule has 3 atom stereocenters. The standard InChI is InChI=1S/C27H39N3O7S2/c1-7-12-36-25(33)30-17-21(39-26(34)37-27(2,3)4)15-20(30)16-28-19-10-8-9-18(14-19)23(31)29-22(11-13-38-6)24(32)35-5/h7-10,14,20-22,28H,1,11-13,15-17H2,2-6H3,(H,29,31)/t20-,21-,22-/m0/s1. The van der Waals surface area contributed by atoms with Gasteiger partial charge in [0.15, 0.2) is 0 Å². The highest BCUT2D eigenvalue weighted by molar-refractivity contribution is 8.13. The number of hydrogen-bond donors (Lipinski definition) is 2. The number of nitrogens with one attached hydrogen (secondary N) is 2. The molecule has 1 aliphatic rings. The lowest BCUT2D eigenvalue weighted by molar-refractivity contribution is -0.142. The van der Waals surface area contributed by atoms with E-state index in [1.165, 1.54) is 13.2 Å². The Kier molecular flexibility index (Phi) is 13.0. The number of esters is 1. The molecule has 216 valence electrons. The fraction of sp³-hybridized carbons (Fsp3) is 0.556. The molecule has 2 amide bonds. The van der Waals surface area contributed by atoms with Gasteiger partial charge in [-0.3, -0.25) is 4.79 Å². The van der Waals surface area contributed by atoms with Crippen LogP contribution in [0.15, 0.2) is 36.9 Å². The predicted molar refractivity (Wildman–Crippen MR) is 155 cm³/mol. The largest absolute Gasteiger partial charge is 0.467 e. The number of likely N-dealkylation sites (tertiary alicyclic amines) is 1. The number of amides is 2. The summed E-state index contributed by atoms with van der Waals surface area (Å²) in [4.78, 5) is 51.6. The maximum Gasteiger partial charge on any atom is 0.410 e. The van der Waals surface area contributed by atoms with Crippen molar-refractivity contribution in [3.8, 4) is 0 Å². The summed E-state index contributed by atoms with van der Waals surface area (Å²) < 4.78 is 15.5. The van der Waals surface area contributed by atoms with E-state index in [0.29, 0.717) is 42.9 Å². The molecule has 0 radical (unpaired) electrons. The van der Waals surface area contributed by atoms with E-state index >= 15 is 0 Å². The lowest BCUT2D eigenvalue weighted by Gasteiger charge is -2.24. The van der Waals surface area contributed by atoms with Gasteiger partial charge in [0.25, 0.3) is 5.91 Å². The van der Waals surface area contributed by atoms with Crippen molar-refractivity contribution in [2.75, 3.05) is 44.1 Å². The van der Waals surface area contributed by atoms with Crippen molar-refractivity contribution in [1.82, 2.24) is 10.2 Å². The maximum absolute atomic E-state index is 12.9. The number of benzene rings is 1. The minimum atomic E-state index is -0.736. The highest BCUT2D eigenvalue weighted by Gasteiger charge is 2.38. The van der Waals surface area contributed by atoms with Gasteiger partial charge in [-0.25, -0.2) is 14.4 Å². The Morgan fingerprint density at radius 3 is 2.64 bits per heavy atom. The van der Waals surface area contributed by atoms with Gasteiger partial charge in [0.05, 0.1) is 13.2 Å². The van der Waals surface area contributed by atoms with Crippen molar-refractivity contribution in [2.24, 2.45) is 0 Å². The Labute approximate surface area is 238 Å². The summed E-state index contributed by atoms with van der Waals surface area (Å²) in [5.74, 6) is -0.184. The van der Waals surface area contributed by atoms with Gasteiger partial charge < -0.3 is 29.7 Å². The average molecular weight is 582 g/mol. The monoisotopic (exact) mass is 581 g/mol. The van der Waals surface area contributed by atoms with Gasteiger partial charge in [-0.2, -0.15) is 11.8 Å². The third-order valence-electron chi connectivity index (χ3n) is 5.66. The maximum atomic E-state index is 12.9. The molecule has 1 fully saturated rings. The van der Waals surface area contributed by atoms with E-state index in [0.717, 1.165) is 11.8 Å². The van der Waals surface area contributed by atoms with E-state index in [1.807, 2.05) is 12.3 Å². The number of rotatable bonds is 12. The Morgan fingerprint density at radius 2 is 2.00 bits per heavy atom. The van der Waals surface area contributed by atoms with Crippen LogP contribution in [0.5, 0.6) is 0 Å². The molecule has 2 N–H and O–H groups in total. The zero-order valence-electron chi connectivity index (χ0n) is 23.2. The summed E-state index contributed by atoms with van der Waals surface area (Å²) in [5.41, 5.74) is 0.448. The summed E-state index contributed by atoms with van der Waals surface area (Å²) in [6, 6.07) is 5.89. The second-order valence-electron chi connectivity index (χ2n) is 9.90. The molecule has 1 saturated heterocycles. The molecule has 1 heterocycles. The Balaban J connectivity index is 2.07. The Bertz CT molecular complexity index is 1020. The number of carbonyl (C=O) groups excluding carboxylic acids is 4.